The van der Waals surface area contributed by atoms with Gasteiger partial charge in [0.2, 0.25) is 5.91 Å². The molecule has 1 atom stereocenters. The van der Waals surface area contributed by atoms with Crippen LogP contribution in [0.4, 0.5) is 5.13 Å². The maximum Gasteiger partial charge on any atom is 0.226 e. The minimum atomic E-state index is 0.00560. The topological polar surface area (TPSA) is 68.0 Å². The van der Waals surface area contributed by atoms with Crippen LogP contribution in [0.15, 0.2) is 11.6 Å². The van der Waals surface area contributed by atoms with E-state index in [1.807, 2.05) is 5.38 Å². The van der Waals surface area contributed by atoms with Crippen LogP contribution in [-0.2, 0) is 4.79 Å². The quantitative estimate of drug-likeness (QED) is 0.801. The molecule has 0 aliphatic rings. The second kappa shape index (κ2) is 6.60. The van der Waals surface area contributed by atoms with Crippen LogP contribution in [0, 0.1) is 11.8 Å². The van der Waals surface area contributed by atoms with Crippen LogP contribution < -0.4 is 11.1 Å². The molecule has 0 saturated heterocycles. The standard InChI is InChI=1S/C11H19N3OS/c1-8(2)5-9(7-12)6-10(15)14-11-13-3-4-16-11/h3-4,8-9H,5-7,12H2,1-2H3,(H,13,14,15). The van der Waals surface area contributed by atoms with Gasteiger partial charge in [0.1, 0.15) is 0 Å². The van der Waals surface area contributed by atoms with Crippen molar-refractivity contribution in [3.8, 4) is 0 Å². The third-order valence-corrected chi connectivity index (χ3v) is 2.98. The number of aromatic nitrogens is 1. The first-order valence-electron chi connectivity index (χ1n) is 5.51. The van der Waals surface area contributed by atoms with Gasteiger partial charge in [-0.3, -0.25) is 4.79 Å². The van der Waals surface area contributed by atoms with E-state index in [1.54, 1.807) is 6.20 Å². The molecular formula is C11H19N3OS. The maximum absolute atomic E-state index is 11.7. The molecule has 0 aromatic carbocycles. The molecule has 0 bridgehead atoms. The minimum absolute atomic E-state index is 0.00560. The van der Waals surface area contributed by atoms with Gasteiger partial charge in [-0.1, -0.05) is 13.8 Å². The van der Waals surface area contributed by atoms with Crippen LogP contribution >= 0.6 is 11.3 Å². The number of rotatable bonds is 6. The number of carbonyl (C=O) groups is 1. The Kier molecular flexibility index (Phi) is 5.42. The summed E-state index contributed by atoms with van der Waals surface area (Å²) in [5, 5.41) is 5.27. The minimum Gasteiger partial charge on any atom is -0.330 e. The fraction of sp³-hybridized carbons (Fsp3) is 0.636. The smallest absolute Gasteiger partial charge is 0.226 e. The van der Waals surface area contributed by atoms with Crippen molar-refractivity contribution in [2.75, 3.05) is 11.9 Å². The van der Waals surface area contributed by atoms with Gasteiger partial charge in [0, 0.05) is 18.0 Å². The van der Waals surface area contributed by atoms with Gasteiger partial charge in [0.05, 0.1) is 0 Å². The van der Waals surface area contributed by atoms with Crippen molar-refractivity contribution in [3.05, 3.63) is 11.6 Å². The summed E-state index contributed by atoms with van der Waals surface area (Å²) in [6.45, 7) is 4.84. The van der Waals surface area contributed by atoms with Crippen molar-refractivity contribution in [2.24, 2.45) is 17.6 Å². The Balaban J connectivity index is 2.37. The molecule has 4 nitrogen and oxygen atoms in total. The SMILES string of the molecule is CC(C)CC(CN)CC(=O)Nc1nccs1. The Morgan fingerprint density at radius 1 is 1.62 bits per heavy atom. The van der Waals surface area contributed by atoms with E-state index in [-0.39, 0.29) is 11.8 Å². The largest absolute Gasteiger partial charge is 0.330 e. The number of nitrogens with zero attached hydrogens (tertiary/aromatic N) is 1. The van der Waals surface area contributed by atoms with E-state index in [0.717, 1.165) is 6.42 Å². The Morgan fingerprint density at radius 3 is 2.88 bits per heavy atom. The molecular weight excluding hydrogens is 222 g/mol. The normalized spacial score (nSPS) is 12.8. The van der Waals surface area contributed by atoms with E-state index in [2.05, 4.69) is 24.1 Å². The first-order chi connectivity index (χ1) is 7.61. The number of amides is 1. The Labute approximate surface area is 100 Å². The molecule has 1 aromatic heterocycles. The lowest BCUT2D eigenvalue weighted by molar-refractivity contribution is -0.117. The average Bonchev–Trinajstić information content (AvgIpc) is 2.68. The molecule has 3 N–H and O–H groups in total. The van der Waals surface area contributed by atoms with Gasteiger partial charge >= 0.3 is 0 Å². The van der Waals surface area contributed by atoms with E-state index in [4.69, 9.17) is 5.73 Å². The monoisotopic (exact) mass is 241 g/mol. The number of hydrogen-bond donors (Lipinski definition) is 2. The van der Waals surface area contributed by atoms with Gasteiger partial charge < -0.3 is 11.1 Å². The third kappa shape index (κ3) is 4.72. The van der Waals surface area contributed by atoms with Gasteiger partial charge in [0.25, 0.3) is 0 Å². The number of hydrogen-bond acceptors (Lipinski definition) is 4. The summed E-state index contributed by atoms with van der Waals surface area (Å²) in [5.41, 5.74) is 5.65. The summed E-state index contributed by atoms with van der Waals surface area (Å²) in [4.78, 5) is 15.7. The molecule has 0 spiro atoms. The Morgan fingerprint density at radius 2 is 2.38 bits per heavy atom. The molecule has 1 amide bonds. The first-order valence-corrected chi connectivity index (χ1v) is 6.39. The van der Waals surface area contributed by atoms with E-state index < -0.39 is 0 Å². The van der Waals surface area contributed by atoms with Gasteiger partial charge in [-0.2, -0.15) is 0 Å². The predicted octanol–water partition coefficient (Wildman–Crippen LogP) is 2.09. The Bertz CT molecular complexity index is 311. The molecule has 1 heterocycles. The summed E-state index contributed by atoms with van der Waals surface area (Å²) in [6.07, 6.45) is 3.14. The lowest BCUT2D eigenvalue weighted by Gasteiger charge is -2.15. The van der Waals surface area contributed by atoms with Crippen molar-refractivity contribution < 1.29 is 4.79 Å². The lowest BCUT2D eigenvalue weighted by Crippen LogP contribution is -2.23. The first kappa shape index (κ1) is 13.1. The summed E-state index contributed by atoms with van der Waals surface area (Å²) in [5.74, 6) is 0.840. The van der Waals surface area contributed by atoms with Crippen molar-refractivity contribution in [1.82, 2.24) is 4.98 Å². The second-order valence-corrected chi connectivity index (χ2v) is 5.22. The maximum atomic E-state index is 11.7. The number of nitrogens with one attached hydrogen (secondary N) is 1. The van der Waals surface area contributed by atoms with Crippen LogP contribution in [0.25, 0.3) is 0 Å². The van der Waals surface area contributed by atoms with Crippen molar-refractivity contribution in [3.63, 3.8) is 0 Å². The van der Waals surface area contributed by atoms with Crippen molar-refractivity contribution >= 4 is 22.4 Å². The molecule has 1 aromatic rings. The third-order valence-electron chi connectivity index (χ3n) is 2.29. The zero-order valence-corrected chi connectivity index (χ0v) is 10.6. The van der Waals surface area contributed by atoms with Gasteiger partial charge in [0.15, 0.2) is 5.13 Å². The van der Waals surface area contributed by atoms with Crippen LogP contribution in [-0.4, -0.2) is 17.4 Å². The van der Waals surface area contributed by atoms with Crippen LogP contribution in [0.3, 0.4) is 0 Å². The predicted molar refractivity (Wildman–Crippen MR) is 67.4 cm³/mol. The van der Waals surface area contributed by atoms with Crippen LogP contribution in [0.2, 0.25) is 0 Å². The molecule has 1 rings (SSSR count). The highest BCUT2D eigenvalue weighted by Crippen LogP contribution is 2.16. The zero-order chi connectivity index (χ0) is 12.0. The molecule has 5 heteroatoms. The summed E-state index contributed by atoms with van der Waals surface area (Å²) >= 11 is 1.43. The van der Waals surface area contributed by atoms with Crippen LogP contribution in [0.5, 0.6) is 0 Å². The molecule has 1 unspecified atom stereocenters. The number of thiazole rings is 1. The number of carbonyl (C=O) groups excluding carboxylic acids is 1. The van der Waals surface area contributed by atoms with Crippen LogP contribution in [0.1, 0.15) is 26.7 Å². The number of anilines is 1. The highest BCUT2D eigenvalue weighted by atomic mass is 32.1. The van der Waals surface area contributed by atoms with Gasteiger partial charge in [-0.05, 0) is 24.8 Å². The second-order valence-electron chi connectivity index (χ2n) is 4.32. The molecule has 0 aliphatic heterocycles. The fourth-order valence-electron chi connectivity index (χ4n) is 1.65. The summed E-state index contributed by atoms with van der Waals surface area (Å²) in [6, 6.07) is 0. The molecule has 16 heavy (non-hydrogen) atoms. The summed E-state index contributed by atoms with van der Waals surface area (Å²) in [7, 11) is 0. The number of nitrogens with two attached hydrogens (primary N) is 1. The summed E-state index contributed by atoms with van der Waals surface area (Å²) < 4.78 is 0. The fourth-order valence-corrected chi connectivity index (χ4v) is 2.19. The molecule has 0 aliphatic carbocycles. The van der Waals surface area contributed by atoms with E-state index in [1.165, 1.54) is 11.3 Å². The van der Waals surface area contributed by atoms with E-state index in [9.17, 15) is 4.79 Å². The molecule has 90 valence electrons. The van der Waals surface area contributed by atoms with E-state index >= 15 is 0 Å². The van der Waals surface area contributed by atoms with Gasteiger partial charge in [-0.25, -0.2) is 4.98 Å². The van der Waals surface area contributed by atoms with Gasteiger partial charge in [-0.15, -0.1) is 11.3 Å². The van der Waals surface area contributed by atoms with Crippen molar-refractivity contribution in [1.29, 1.82) is 0 Å². The molecule has 0 fully saturated rings. The molecule has 0 saturated carbocycles. The highest BCUT2D eigenvalue weighted by molar-refractivity contribution is 7.13. The molecule has 0 radical (unpaired) electrons. The van der Waals surface area contributed by atoms with Crippen molar-refractivity contribution in [2.45, 2.75) is 26.7 Å². The Hall–Kier alpha value is -0.940. The lowest BCUT2D eigenvalue weighted by atomic mass is 9.94. The average molecular weight is 241 g/mol. The van der Waals surface area contributed by atoms with E-state index in [0.29, 0.717) is 24.0 Å². The zero-order valence-electron chi connectivity index (χ0n) is 9.77. The highest BCUT2D eigenvalue weighted by Gasteiger charge is 2.14.